The molecule has 0 radical (unpaired) electrons. The van der Waals surface area contributed by atoms with Crippen LogP contribution in [0.5, 0.6) is 17.2 Å². The molecule has 0 atom stereocenters. The van der Waals surface area contributed by atoms with E-state index in [-0.39, 0.29) is 0 Å². The Hall–Kier alpha value is -2.74. The second kappa shape index (κ2) is 5.06. The van der Waals surface area contributed by atoms with Crippen molar-refractivity contribution < 1.29 is 9.47 Å². The molecule has 0 spiro atoms. The number of nitrogens with two attached hydrogens (primary N) is 1. The van der Waals surface area contributed by atoms with Gasteiger partial charge >= 0.3 is 0 Å². The van der Waals surface area contributed by atoms with Crippen molar-refractivity contribution in [2.45, 2.75) is 0 Å². The van der Waals surface area contributed by atoms with Gasteiger partial charge in [0.05, 0.1) is 13.3 Å². The Morgan fingerprint density at radius 3 is 2.67 bits per heavy atom. The first-order valence-electron chi connectivity index (χ1n) is 5.20. The number of hydrogen-bond acceptors (Lipinski definition) is 5. The number of nitriles is 1. The molecule has 5 heteroatoms. The van der Waals surface area contributed by atoms with E-state index in [9.17, 15) is 0 Å². The quantitative estimate of drug-likeness (QED) is 0.834. The van der Waals surface area contributed by atoms with E-state index >= 15 is 0 Å². The standard InChI is InChI=1S/C13H11N3O2/c1-17-13-6-9(15)2-5-12(13)18-11-4-3-10(7-14)16-8-11/h2-6,8H,15H2,1H3. The molecule has 0 amide bonds. The number of nitrogens with zero attached hydrogens (tertiary/aromatic N) is 2. The summed E-state index contributed by atoms with van der Waals surface area (Å²) >= 11 is 0. The molecule has 5 nitrogen and oxygen atoms in total. The minimum absolute atomic E-state index is 0.339. The smallest absolute Gasteiger partial charge is 0.169 e. The molecular formula is C13H11N3O2. The molecule has 0 aliphatic heterocycles. The Bertz CT molecular complexity index is 588. The monoisotopic (exact) mass is 241 g/mol. The minimum Gasteiger partial charge on any atom is -0.493 e. The summed E-state index contributed by atoms with van der Waals surface area (Å²) in [5, 5.41) is 8.64. The topological polar surface area (TPSA) is 81.2 Å². The van der Waals surface area contributed by atoms with Gasteiger partial charge in [-0.1, -0.05) is 0 Å². The third-order valence-electron chi connectivity index (χ3n) is 2.27. The summed E-state index contributed by atoms with van der Waals surface area (Å²) < 4.78 is 10.8. The van der Waals surface area contributed by atoms with Crippen LogP contribution in [-0.2, 0) is 0 Å². The Balaban J connectivity index is 2.25. The van der Waals surface area contributed by atoms with Crippen LogP contribution in [0.1, 0.15) is 5.69 Å². The summed E-state index contributed by atoms with van der Waals surface area (Å²) in [6, 6.07) is 10.3. The highest BCUT2D eigenvalue weighted by Gasteiger charge is 2.06. The highest BCUT2D eigenvalue weighted by molar-refractivity contribution is 5.53. The maximum atomic E-state index is 8.64. The van der Waals surface area contributed by atoms with Crippen LogP contribution in [0.15, 0.2) is 36.5 Å². The van der Waals surface area contributed by atoms with Gasteiger partial charge in [-0.05, 0) is 24.3 Å². The molecule has 0 fully saturated rings. The first kappa shape index (κ1) is 11.7. The van der Waals surface area contributed by atoms with Crippen LogP contribution in [0.3, 0.4) is 0 Å². The molecule has 2 aromatic rings. The fraction of sp³-hybridized carbons (Fsp3) is 0.0769. The normalized spacial score (nSPS) is 9.56. The van der Waals surface area contributed by atoms with Crippen molar-refractivity contribution in [2.75, 3.05) is 12.8 Å². The highest BCUT2D eigenvalue weighted by Crippen LogP contribution is 2.32. The SMILES string of the molecule is COc1cc(N)ccc1Oc1ccc(C#N)nc1. The second-order valence-electron chi connectivity index (χ2n) is 3.50. The lowest BCUT2D eigenvalue weighted by Crippen LogP contribution is -1.93. The van der Waals surface area contributed by atoms with E-state index in [1.165, 1.54) is 6.20 Å². The number of nitrogen functional groups attached to an aromatic ring is 1. The summed E-state index contributed by atoms with van der Waals surface area (Å²) in [5.74, 6) is 1.61. The summed E-state index contributed by atoms with van der Waals surface area (Å²) in [7, 11) is 1.54. The Kier molecular flexibility index (Phi) is 3.30. The molecular weight excluding hydrogens is 230 g/mol. The zero-order valence-electron chi connectivity index (χ0n) is 9.75. The average Bonchev–Trinajstić information content (AvgIpc) is 2.41. The zero-order valence-corrected chi connectivity index (χ0v) is 9.75. The lowest BCUT2D eigenvalue weighted by atomic mass is 10.3. The van der Waals surface area contributed by atoms with Crippen LogP contribution >= 0.6 is 0 Å². The predicted molar refractivity (Wildman–Crippen MR) is 66.4 cm³/mol. The molecule has 0 aliphatic rings. The van der Waals surface area contributed by atoms with Crippen molar-refractivity contribution >= 4 is 5.69 Å². The van der Waals surface area contributed by atoms with Gasteiger partial charge in [-0.15, -0.1) is 0 Å². The summed E-state index contributed by atoms with van der Waals surface area (Å²) in [4.78, 5) is 3.91. The van der Waals surface area contributed by atoms with E-state index in [2.05, 4.69) is 4.98 Å². The van der Waals surface area contributed by atoms with E-state index in [4.69, 9.17) is 20.5 Å². The molecule has 2 rings (SSSR count). The predicted octanol–water partition coefficient (Wildman–Crippen LogP) is 2.34. The van der Waals surface area contributed by atoms with Gasteiger partial charge in [-0.2, -0.15) is 5.26 Å². The number of rotatable bonds is 3. The molecule has 90 valence electrons. The van der Waals surface area contributed by atoms with Crippen LogP contribution in [0.4, 0.5) is 5.69 Å². The Morgan fingerprint density at radius 2 is 2.06 bits per heavy atom. The molecule has 0 saturated carbocycles. The molecule has 1 aromatic carbocycles. The molecule has 2 N–H and O–H groups in total. The highest BCUT2D eigenvalue weighted by atomic mass is 16.5. The molecule has 1 aromatic heterocycles. The first-order chi connectivity index (χ1) is 8.72. The van der Waals surface area contributed by atoms with Gasteiger partial charge in [0.1, 0.15) is 17.5 Å². The molecule has 1 heterocycles. The minimum atomic E-state index is 0.339. The van der Waals surface area contributed by atoms with Gasteiger partial charge in [0.2, 0.25) is 0 Å². The van der Waals surface area contributed by atoms with Gasteiger partial charge in [-0.3, -0.25) is 0 Å². The molecule has 0 saturated heterocycles. The number of methoxy groups -OCH3 is 1. The van der Waals surface area contributed by atoms with Gasteiger partial charge in [0.25, 0.3) is 0 Å². The van der Waals surface area contributed by atoms with Crippen molar-refractivity contribution in [1.29, 1.82) is 5.26 Å². The van der Waals surface area contributed by atoms with Crippen molar-refractivity contribution in [3.8, 4) is 23.3 Å². The molecule has 0 bridgehead atoms. The number of hydrogen-bond donors (Lipinski definition) is 1. The van der Waals surface area contributed by atoms with Gasteiger partial charge < -0.3 is 15.2 Å². The second-order valence-corrected chi connectivity index (χ2v) is 3.50. The summed E-state index contributed by atoms with van der Waals surface area (Å²) in [5.41, 5.74) is 6.58. The lowest BCUT2D eigenvalue weighted by molar-refractivity contribution is 0.378. The maximum absolute atomic E-state index is 8.64. The molecule has 0 aliphatic carbocycles. The Morgan fingerprint density at radius 1 is 1.22 bits per heavy atom. The van der Waals surface area contributed by atoms with Gasteiger partial charge in [0.15, 0.2) is 11.5 Å². The van der Waals surface area contributed by atoms with Crippen LogP contribution in [0, 0.1) is 11.3 Å². The molecule has 0 unspecified atom stereocenters. The summed E-state index contributed by atoms with van der Waals surface area (Å²) in [6.07, 6.45) is 1.48. The van der Waals surface area contributed by atoms with Crippen molar-refractivity contribution in [3.05, 3.63) is 42.2 Å². The maximum Gasteiger partial charge on any atom is 0.169 e. The number of aromatic nitrogens is 1. The van der Waals surface area contributed by atoms with Crippen LogP contribution < -0.4 is 15.2 Å². The number of ether oxygens (including phenoxy) is 2. The fourth-order valence-corrected chi connectivity index (χ4v) is 1.40. The largest absolute Gasteiger partial charge is 0.493 e. The first-order valence-corrected chi connectivity index (χ1v) is 5.20. The Labute approximate surface area is 104 Å². The van der Waals surface area contributed by atoms with E-state index in [1.807, 2.05) is 6.07 Å². The third kappa shape index (κ3) is 2.50. The van der Waals surface area contributed by atoms with Crippen molar-refractivity contribution in [2.24, 2.45) is 0 Å². The average molecular weight is 241 g/mol. The van der Waals surface area contributed by atoms with E-state index < -0.39 is 0 Å². The summed E-state index contributed by atoms with van der Waals surface area (Å²) in [6.45, 7) is 0. The van der Waals surface area contributed by atoms with E-state index in [0.717, 1.165) is 0 Å². The lowest BCUT2D eigenvalue weighted by Gasteiger charge is -2.10. The van der Waals surface area contributed by atoms with E-state index in [0.29, 0.717) is 28.6 Å². The van der Waals surface area contributed by atoms with Crippen LogP contribution in [-0.4, -0.2) is 12.1 Å². The van der Waals surface area contributed by atoms with E-state index in [1.54, 1.807) is 37.4 Å². The fourth-order valence-electron chi connectivity index (χ4n) is 1.40. The van der Waals surface area contributed by atoms with Gasteiger partial charge in [-0.25, -0.2) is 4.98 Å². The van der Waals surface area contributed by atoms with Gasteiger partial charge in [0, 0.05) is 11.8 Å². The zero-order chi connectivity index (χ0) is 13.0. The number of anilines is 1. The van der Waals surface area contributed by atoms with Crippen LogP contribution in [0.2, 0.25) is 0 Å². The molecule has 18 heavy (non-hydrogen) atoms. The third-order valence-corrected chi connectivity index (χ3v) is 2.27. The number of pyridine rings is 1. The van der Waals surface area contributed by atoms with Crippen molar-refractivity contribution in [1.82, 2.24) is 4.98 Å². The van der Waals surface area contributed by atoms with Crippen molar-refractivity contribution in [3.63, 3.8) is 0 Å². The number of benzene rings is 1. The van der Waals surface area contributed by atoms with Crippen LogP contribution in [0.25, 0.3) is 0 Å².